The highest BCUT2D eigenvalue weighted by Gasteiger charge is 2.30. The van der Waals surface area contributed by atoms with Crippen molar-refractivity contribution in [3.05, 3.63) is 58.9 Å². The van der Waals surface area contributed by atoms with Gasteiger partial charge in [-0.05, 0) is 43.9 Å². The van der Waals surface area contributed by atoms with E-state index in [4.69, 9.17) is 9.47 Å². The lowest BCUT2D eigenvalue weighted by atomic mass is 9.91. The summed E-state index contributed by atoms with van der Waals surface area (Å²) in [6.45, 7) is 2.52. The van der Waals surface area contributed by atoms with Crippen molar-refractivity contribution in [2.24, 2.45) is 5.92 Å². The number of fused-ring (bicyclic) bond motifs is 1. The van der Waals surface area contributed by atoms with Crippen LogP contribution in [0.1, 0.15) is 35.7 Å². The highest BCUT2D eigenvalue weighted by Crippen LogP contribution is 2.30. The highest BCUT2D eigenvalue weighted by atomic mass is 19.1. The minimum atomic E-state index is -0.759. The Morgan fingerprint density at radius 2 is 1.87 bits per heavy atom. The lowest BCUT2D eigenvalue weighted by molar-refractivity contribution is -0.121. The SMILES string of the molecule is CC(Oc1ccc(F)cc1F)C1CCN(C(=O)c2cc3c(cc2F)OCC(=O)C3)CC1. The standard InChI is InChI=1S/C23H22F3NO4/c1-13(31-21-3-2-16(24)10-20(21)26)14-4-6-27(7-5-14)23(29)18-9-15-8-17(28)12-30-22(15)11-19(18)25/h2-3,9-11,13-14H,4-8,12H2,1H3. The van der Waals surface area contributed by atoms with Crippen LogP contribution in [0.2, 0.25) is 0 Å². The summed E-state index contributed by atoms with van der Waals surface area (Å²) in [4.78, 5) is 26.0. The molecule has 2 aliphatic heterocycles. The van der Waals surface area contributed by atoms with Crippen LogP contribution in [0.4, 0.5) is 13.2 Å². The van der Waals surface area contributed by atoms with Crippen molar-refractivity contribution in [1.82, 2.24) is 4.90 Å². The van der Waals surface area contributed by atoms with Gasteiger partial charge in [0.15, 0.2) is 17.3 Å². The van der Waals surface area contributed by atoms with Gasteiger partial charge in [0.05, 0.1) is 11.7 Å². The van der Waals surface area contributed by atoms with Crippen LogP contribution in [0.5, 0.6) is 11.5 Å². The molecule has 31 heavy (non-hydrogen) atoms. The summed E-state index contributed by atoms with van der Waals surface area (Å²) in [6, 6.07) is 5.73. The van der Waals surface area contributed by atoms with Crippen LogP contribution in [0.15, 0.2) is 30.3 Å². The van der Waals surface area contributed by atoms with Crippen LogP contribution in [0.25, 0.3) is 0 Å². The zero-order valence-electron chi connectivity index (χ0n) is 17.0. The van der Waals surface area contributed by atoms with Gasteiger partial charge in [-0.25, -0.2) is 13.2 Å². The van der Waals surface area contributed by atoms with Crippen molar-refractivity contribution >= 4 is 11.7 Å². The number of halogens is 3. The van der Waals surface area contributed by atoms with Gasteiger partial charge in [-0.15, -0.1) is 0 Å². The predicted molar refractivity (Wildman–Crippen MR) is 106 cm³/mol. The molecule has 1 unspecified atom stereocenters. The number of piperidine rings is 1. The average Bonchev–Trinajstić information content (AvgIpc) is 2.75. The van der Waals surface area contributed by atoms with Gasteiger partial charge in [0.25, 0.3) is 5.91 Å². The predicted octanol–water partition coefficient (Wildman–Crippen LogP) is 3.93. The van der Waals surface area contributed by atoms with E-state index in [9.17, 15) is 22.8 Å². The van der Waals surface area contributed by atoms with Crippen LogP contribution in [-0.4, -0.2) is 42.4 Å². The fourth-order valence-electron chi connectivity index (χ4n) is 4.07. The Bertz CT molecular complexity index is 1020. The summed E-state index contributed by atoms with van der Waals surface area (Å²) in [6.07, 6.45) is 0.987. The second kappa shape index (κ2) is 8.61. The summed E-state index contributed by atoms with van der Waals surface area (Å²) >= 11 is 0. The Hall–Kier alpha value is -3.03. The van der Waals surface area contributed by atoms with Crippen molar-refractivity contribution < 1.29 is 32.2 Å². The molecule has 0 spiro atoms. The zero-order chi connectivity index (χ0) is 22.1. The van der Waals surface area contributed by atoms with Gasteiger partial charge < -0.3 is 14.4 Å². The first-order chi connectivity index (χ1) is 14.8. The van der Waals surface area contributed by atoms with E-state index >= 15 is 0 Å². The molecule has 0 aromatic heterocycles. The van der Waals surface area contributed by atoms with Crippen LogP contribution < -0.4 is 9.47 Å². The molecule has 1 fully saturated rings. The number of carbonyl (C=O) groups excluding carboxylic acids is 2. The number of carbonyl (C=O) groups is 2. The Morgan fingerprint density at radius 1 is 1.13 bits per heavy atom. The lowest BCUT2D eigenvalue weighted by Gasteiger charge is -2.35. The summed E-state index contributed by atoms with van der Waals surface area (Å²) in [7, 11) is 0. The molecule has 0 aliphatic carbocycles. The first-order valence-electron chi connectivity index (χ1n) is 10.2. The molecular formula is C23H22F3NO4. The number of rotatable bonds is 4. The van der Waals surface area contributed by atoms with Gasteiger partial charge in [-0.1, -0.05) is 0 Å². The molecule has 2 heterocycles. The van der Waals surface area contributed by atoms with E-state index in [0.29, 0.717) is 37.2 Å². The van der Waals surface area contributed by atoms with E-state index in [1.54, 1.807) is 4.90 Å². The summed E-state index contributed by atoms with van der Waals surface area (Å²) in [5, 5.41) is 0. The minimum absolute atomic E-state index is 0.0136. The fraction of sp³-hybridized carbons (Fsp3) is 0.391. The second-order valence-corrected chi connectivity index (χ2v) is 7.97. The van der Waals surface area contributed by atoms with Crippen LogP contribution in [0, 0.1) is 23.4 Å². The quantitative estimate of drug-likeness (QED) is 0.733. The Morgan fingerprint density at radius 3 is 2.58 bits per heavy atom. The normalized spacial score (nSPS) is 17.7. The number of hydrogen-bond donors (Lipinski definition) is 0. The maximum Gasteiger partial charge on any atom is 0.256 e. The van der Waals surface area contributed by atoms with Crippen molar-refractivity contribution in [3.8, 4) is 11.5 Å². The van der Waals surface area contributed by atoms with Crippen LogP contribution in [0.3, 0.4) is 0 Å². The molecule has 164 valence electrons. The van der Waals surface area contributed by atoms with Gasteiger partial charge in [0.2, 0.25) is 0 Å². The Kier molecular flexibility index (Phi) is 5.89. The maximum atomic E-state index is 14.5. The summed E-state index contributed by atoms with van der Waals surface area (Å²) in [5.74, 6) is -2.32. The molecule has 1 amide bonds. The number of ketones is 1. The van der Waals surface area contributed by atoms with Crippen molar-refractivity contribution in [3.63, 3.8) is 0 Å². The minimum Gasteiger partial charge on any atom is -0.487 e. The van der Waals surface area contributed by atoms with Gasteiger partial charge in [-0.2, -0.15) is 0 Å². The molecule has 5 nitrogen and oxygen atoms in total. The van der Waals surface area contributed by atoms with Gasteiger partial charge in [0, 0.05) is 37.2 Å². The first-order valence-corrected chi connectivity index (χ1v) is 10.2. The molecule has 0 saturated carbocycles. The molecule has 8 heteroatoms. The summed E-state index contributed by atoms with van der Waals surface area (Å²) in [5.41, 5.74) is 0.437. The monoisotopic (exact) mass is 433 g/mol. The molecule has 1 atom stereocenters. The number of Topliss-reactive ketones (excluding diaryl/α,β-unsaturated/α-hetero) is 1. The summed E-state index contributed by atoms with van der Waals surface area (Å²) < 4.78 is 52.3. The Labute approximate surface area is 177 Å². The number of likely N-dealkylation sites (tertiary alicyclic amines) is 1. The molecular weight excluding hydrogens is 411 g/mol. The molecule has 4 rings (SSSR count). The number of ether oxygens (including phenoxy) is 2. The number of benzene rings is 2. The van der Waals surface area contributed by atoms with Crippen molar-refractivity contribution in [1.29, 1.82) is 0 Å². The number of hydrogen-bond acceptors (Lipinski definition) is 4. The van der Waals surface area contributed by atoms with Crippen molar-refractivity contribution in [2.45, 2.75) is 32.3 Å². The highest BCUT2D eigenvalue weighted by molar-refractivity contribution is 5.95. The smallest absolute Gasteiger partial charge is 0.256 e. The first kappa shape index (κ1) is 21.2. The third kappa shape index (κ3) is 4.52. The third-order valence-corrected chi connectivity index (χ3v) is 5.85. The fourth-order valence-corrected chi connectivity index (χ4v) is 4.07. The average molecular weight is 433 g/mol. The second-order valence-electron chi connectivity index (χ2n) is 7.97. The van der Waals surface area contributed by atoms with E-state index in [1.807, 2.05) is 6.92 Å². The maximum absolute atomic E-state index is 14.5. The molecule has 2 aliphatic rings. The lowest BCUT2D eigenvalue weighted by Crippen LogP contribution is -2.42. The van der Waals surface area contributed by atoms with Gasteiger partial charge in [-0.3, -0.25) is 9.59 Å². The van der Waals surface area contributed by atoms with E-state index in [0.717, 1.165) is 18.2 Å². The van der Waals surface area contributed by atoms with Gasteiger partial charge in [0.1, 0.15) is 24.0 Å². The molecule has 0 bridgehead atoms. The van der Waals surface area contributed by atoms with E-state index in [-0.39, 0.29) is 42.1 Å². The van der Waals surface area contributed by atoms with Crippen LogP contribution in [-0.2, 0) is 11.2 Å². The van der Waals surface area contributed by atoms with E-state index in [1.165, 1.54) is 12.1 Å². The number of amides is 1. The van der Waals surface area contributed by atoms with E-state index in [2.05, 4.69) is 0 Å². The van der Waals surface area contributed by atoms with E-state index < -0.39 is 23.4 Å². The van der Waals surface area contributed by atoms with Gasteiger partial charge >= 0.3 is 0 Å². The molecule has 2 aromatic rings. The molecule has 1 saturated heterocycles. The van der Waals surface area contributed by atoms with Crippen molar-refractivity contribution in [2.75, 3.05) is 19.7 Å². The largest absolute Gasteiger partial charge is 0.487 e. The third-order valence-electron chi connectivity index (χ3n) is 5.85. The number of nitrogens with zero attached hydrogens (tertiary/aromatic N) is 1. The Balaban J connectivity index is 1.39. The molecule has 0 N–H and O–H groups in total. The molecule has 2 aromatic carbocycles. The zero-order valence-corrected chi connectivity index (χ0v) is 17.0. The van der Waals surface area contributed by atoms with Crippen LogP contribution >= 0.6 is 0 Å². The topological polar surface area (TPSA) is 55.8 Å². The molecule has 0 radical (unpaired) electrons.